The van der Waals surface area contributed by atoms with Crippen LogP contribution in [0.3, 0.4) is 0 Å². The number of nitrogens with zero attached hydrogens (tertiary/aromatic N) is 5. The monoisotopic (exact) mass is 447 g/mol. The molecule has 0 spiro atoms. The Morgan fingerprint density at radius 1 is 1.00 bits per heavy atom. The van der Waals surface area contributed by atoms with Gasteiger partial charge < -0.3 is 14.7 Å². The van der Waals surface area contributed by atoms with Crippen molar-refractivity contribution in [3.8, 4) is 10.6 Å². The van der Waals surface area contributed by atoms with Crippen LogP contribution in [-0.4, -0.2) is 59.6 Å². The largest absolute Gasteiger partial charge is 0.352 e. The molecule has 0 saturated carbocycles. The van der Waals surface area contributed by atoms with E-state index in [1.54, 1.807) is 16.2 Å². The van der Waals surface area contributed by atoms with Crippen molar-refractivity contribution in [1.82, 2.24) is 15.1 Å². The van der Waals surface area contributed by atoms with Gasteiger partial charge in [-0.05, 0) is 42.6 Å². The molecule has 1 unspecified atom stereocenters. The van der Waals surface area contributed by atoms with Crippen LogP contribution in [0, 0.1) is 12.8 Å². The Balaban J connectivity index is 1.18. The van der Waals surface area contributed by atoms with Crippen molar-refractivity contribution in [3.63, 3.8) is 0 Å². The number of aromatic nitrogens is 2. The van der Waals surface area contributed by atoms with Crippen LogP contribution in [0.25, 0.3) is 10.6 Å². The Bertz CT molecular complexity index is 1090. The van der Waals surface area contributed by atoms with Crippen molar-refractivity contribution >= 4 is 34.7 Å². The van der Waals surface area contributed by atoms with E-state index in [-0.39, 0.29) is 24.2 Å². The summed E-state index contributed by atoms with van der Waals surface area (Å²) < 4.78 is 0. The van der Waals surface area contributed by atoms with Crippen molar-refractivity contribution in [2.24, 2.45) is 5.92 Å². The number of hydrogen-bond donors (Lipinski definition) is 0. The molecule has 1 aromatic carbocycles. The maximum absolute atomic E-state index is 13.1. The number of aryl methyl sites for hydroxylation is 1. The lowest BCUT2D eigenvalue weighted by Crippen LogP contribution is -2.51. The van der Waals surface area contributed by atoms with E-state index in [4.69, 9.17) is 0 Å². The number of carbonyl (C=O) groups is 2. The molecule has 2 aromatic heterocycles. The lowest BCUT2D eigenvalue weighted by Gasteiger charge is -2.36. The minimum Gasteiger partial charge on any atom is -0.352 e. The lowest BCUT2D eigenvalue weighted by molar-refractivity contribution is -0.136. The van der Waals surface area contributed by atoms with Crippen molar-refractivity contribution in [3.05, 3.63) is 59.5 Å². The molecule has 2 saturated heterocycles. The highest BCUT2D eigenvalue weighted by molar-refractivity contribution is 7.13. The molecule has 0 N–H and O–H groups in total. The third kappa shape index (κ3) is 4.10. The second kappa shape index (κ2) is 8.70. The van der Waals surface area contributed by atoms with Gasteiger partial charge in [-0.3, -0.25) is 9.59 Å². The summed E-state index contributed by atoms with van der Waals surface area (Å²) in [7, 11) is 0. The molecule has 164 valence electrons. The molecule has 8 heteroatoms. The van der Waals surface area contributed by atoms with Gasteiger partial charge in [0.05, 0.1) is 10.8 Å². The van der Waals surface area contributed by atoms with Crippen LogP contribution >= 0.6 is 11.3 Å². The average Bonchev–Trinajstić information content (AvgIpc) is 3.50. The number of benzene rings is 1. The van der Waals surface area contributed by atoms with E-state index in [1.807, 2.05) is 65.7 Å². The highest BCUT2D eigenvalue weighted by atomic mass is 32.1. The van der Waals surface area contributed by atoms with Crippen molar-refractivity contribution in [1.29, 1.82) is 0 Å². The predicted octanol–water partition coefficient (Wildman–Crippen LogP) is 3.22. The molecule has 7 nitrogen and oxygen atoms in total. The standard InChI is InChI=1S/C24H25N5O2S/c1-17-4-6-19(7-5-17)29-16-18(15-23(29)30)24(31)28-12-10-27(11-13-28)22-9-8-20(25-26-22)21-3-2-14-32-21/h2-9,14,18H,10-13,15-16H2,1H3. The SMILES string of the molecule is Cc1ccc(N2CC(C(=O)N3CCN(c4ccc(-c5cccs5)nn4)CC3)CC2=O)cc1. The summed E-state index contributed by atoms with van der Waals surface area (Å²) in [6, 6.07) is 15.9. The summed E-state index contributed by atoms with van der Waals surface area (Å²) in [6.45, 7) is 5.15. The molecular formula is C24H25N5O2S. The van der Waals surface area contributed by atoms with E-state index in [9.17, 15) is 9.59 Å². The number of piperazine rings is 1. The topological polar surface area (TPSA) is 69.6 Å². The zero-order valence-corrected chi connectivity index (χ0v) is 18.8. The van der Waals surface area contributed by atoms with Gasteiger partial charge in [0.1, 0.15) is 5.69 Å². The van der Waals surface area contributed by atoms with Gasteiger partial charge in [-0.25, -0.2) is 0 Å². The highest BCUT2D eigenvalue weighted by Gasteiger charge is 2.38. The number of amides is 2. The second-order valence-electron chi connectivity index (χ2n) is 8.31. The molecule has 2 amide bonds. The molecule has 0 aliphatic carbocycles. The number of hydrogen-bond acceptors (Lipinski definition) is 6. The zero-order chi connectivity index (χ0) is 22.1. The van der Waals surface area contributed by atoms with Crippen LogP contribution in [0.2, 0.25) is 0 Å². The van der Waals surface area contributed by atoms with E-state index >= 15 is 0 Å². The zero-order valence-electron chi connectivity index (χ0n) is 18.0. The molecule has 0 radical (unpaired) electrons. The normalized spacial score (nSPS) is 19.0. The van der Waals surface area contributed by atoms with Crippen LogP contribution < -0.4 is 9.80 Å². The van der Waals surface area contributed by atoms with Gasteiger partial charge in [-0.1, -0.05) is 23.8 Å². The quantitative estimate of drug-likeness (QED) is 0.614. The first kappa shape index (κ1) is 20.6. The van der Waals surface area contributed by atoms with Crippen LogP contribution in [0.4, 0.5) is 11.5 Å². The Hall–Kier alpha value is -3.26. The fourth-order valence-electron chi connectivity index (χ4n) is 4.31. The Labute approximate surface area is 191 Å². The third-order valence-corrected chi connectivity index (χ3v) is 7.05. The molecule has 1 atom stereocenters. The molecule has 4 heterocycles. The maximum Gasteiger partial charge on any atom is 0.228 e. The Morgan fingerprint density at radius 3 is 2.44 bits per heavy atom. The molecule has 0 bridgehead atoms. The minimum absolute atomic E-state index is 0.0203. The molecule has 2 aliphatic heterocycles. The summed E-state index contributed by atoms with van der Waals surface area (Å²) in [5.41, 5.74) is 2.89. The van der Waals surface area contributed by atoms with Crippen LogP contribution in [0.15, 0.2) is 53.9 Å². The molecule has 32 heavy (non-hydrogen) atoms. The fourth-order valence-corrected chi connectivity index (χ4v) is 5.00. The molecule has 3 aromatic rings. The molecule has 5 rings (SSSR count). The first-order chi connectivity index (χ1) is 15.6. The van der Waals surface area contributed by atoms with Crippen LogP contribution in [0.1, 0.15) is 12.0 Å². The van der Waals surface area contributed by atoms with E-state index in [0.717, 1.165) is 27.6 Å². The van der Waals surface area contributed by atoms with Crippen molar-refractivity contribution in [2.75, 3.05) is 42.5 Å². The minimum atomic E-state index is -0.278. The summed E-state index contributed by atoms with van der Waals surface area (Å²) >= 11 is 1.64. The molecular weight excluding hydrogens is 422 g/mol. The van der Waals surface area contributed by atoms with E-state index < -0.39 is 0 Å². The molecule has 2 fully saturated rings. The van der Waals surface area contributed by atoms with E-state index in [2.05, 4.69) is 15.1 Å². The predicted molar refractivity (Wildman–Crippen MR) is 126 cm³/mol. The van der Waals surface area contributed by atoms with Gasteiger partial charge in [-0.15, -0.1) is 21.5 Å². The number of rotatable bonds is 4. The Morgan fingerprint density at radius 2 is 1.78 bits per heavy atom. The summed E-state index contributed by atoms with van der Waals surface area (Å²) in [4.78, 5) is 32.5. The van der Waals surface area contributed by atoms with Crippen LogP contribution in [-0.2, 0) is 9.59 Å². The summed E-state index contributed by atoms with van der Waals surface area (Å²) in [5, 5.41) is 10.8. The first-order valence-corrected chi connectivity index (χ1v) is 11.7. The van der Waals surface area contributed by atoms with Gasteiger partial charge >= 0.3 is 0 Å². The number of anilines is 2. The van der Waals surface area contributed by atoms with Gasteiger partial charge in [0, 0.05) is 44.8 Å². The van der Waals surface area contributed by atoms with Gasteiger partial charge in [0.2, 0.25) is 11.8 Å². The van der Waals surface area contributed by atoms with Gasteiger partial charge in [0.15, 0.2) is 5.82 Å². The first-order valence-electron chi connectivity index (χ1n) is 10.9. The smallest absolute Gasteiger partial charge is 0.228 e. The fraction of sp³-hybridized carbons (Fsp3) is 0.333. The van der Waals surface area contributed by atoms with E-state index in [1.165, 1.54) is 0 Å². The van der Waals surface area contributed by atoms with Gasteiger partial charge in [-0.2, -0.15) is 0 Å². The number of carbonyl (C=O) groups excluding carboxylic acids is 2. The maximum atomic E-state index is 13.1. The average molecular weight is 448 g/mol. The molecule has 2 aliphatic rings. The third-order valence-electron chi connectivity index (χ3n) is 6.16. The summed E-state index contributed by atoms with van der Waals surface area (Å²) in [5.74, 6) is 0.651. The number of thiophene rings is 1. The highest BCUT2D eigenvalue weighted by Crippen LogP contribution is 2.28. The van der Waals surface area contributed by atoms with Crippen molar-refractivity contribution in [2.45, 2.75) is 13.3 Å². The van der Waals surface area contributed by atoms with Crippen LogP contribution in [0.5, 0.6) is 0 Å². The van der Waals surface area contributed by atoms with E-state index in [0.29, 0.717) is 32.7 Å². The lowest BCUT2D eigenvalue weighted by atomic mass is 10.1. The Kier molecular flexibility index (Phi) is 5.61. The summed E-state index contributed by atoms with van der Waals surface area (Å²) in [6.07, 6.45) is 0.280. The second-order valence-corrected chi connectivity index (χ2v) is 9.26. The van der Waals surface area contributed by atoms with Gasteiger partial charge in [0.25, 0.3) is 0 Å². The van der Waals surface area contributed by atoms with Crippen molar-refractivity contribution < 1.29 is 9.59 Å².